The molecule has 0 aliphatic heterocycles. The number of amides is 1. The van der Waals surface area contributed by atoms with Crippen LogP contribution in [0.3, 0.4) is 0 Å². The fourth-order valence-corrected chi connectivity index (χ4v) is 2.04. The van der Waals surface area contributed by atoms with Gasteiger partial charge in [-0.2, -0.15) is 5.10 Å². The number of hydrogen-bond donors (Lipinski definition) is 2. The van der Waals surface area contributed by atoms with Gasteiger partial charge in [0.2, 0.25) is 0 Å². The predicted molar refractivity (Wildman–Crippen MR) is 82.8 cm³/mol. The molecule has 0 saturated carbocycles. The fraction of sp³-hybridized carbons (Fsp3) is 0.375. The molecule has 2 N–H and O–H groups in total. The predicted octanol–water partition coefficient (Wildman–Crippen LogP) is 3.46. The summed E-state index contributed by atoms with van der Waals surface area (Å²) < 4.78 is 5.75. The third-order valence-corrected chi connectivity index (χ3v) is 3.36. The summed E-state index contributed by atoms with van der Waals surface area (Å²) in [5.74, 6) is 0.585. The van der Waals surface area contributed by atoms with Crippen LogP contribution in [0.15, 0.2) is 24.3 Å². The van der Waals surface area contributed by atoms with Crippen molar-refractivity contribution in [3.05, 3.63) is 41.2 Å². The lowest BCUT2D eigenvalue weighted by molar-refractivity contribution is 0.102. The number of H-pyrrole nitrogens is 1. The molecular weight excluding hydrogens is 266 g/mol. The molecule has 21 heavy (non-hydrogen) atoms. The van der Waals surface area contributed by atoms with E-state index in [-0.39, 0.29) is 12.0 Å². The second-order valence-corrected chi connectivity index (χ2v) is 5.13. The summed E-state index contributed by atoms with van der Waals surface area (Å²) in [5, 5.41) is 9.73. The molecule has 1 atom stereocenters. The Balaban J connectivity index is 2.13. The summed E-state index contributed by atoms with van der Waals surface area (Å²) in [7, 11) is 0. The average Bonchev–Trinajstić information content (AvgIpc) is 2.78. The first-order chi connectivity index (χ1) is 10.0. The second-order valence-electron chi connectivity index (χ2n) is 5.13. The Bertz CT molecular complexity index is 615. The molecule has 0 spiro atoms. The van der Waals surface area contributed by atoms with Crippen molar-refractivity contribution in [2.75, 3.05) is 5.32 Å². The molecule has 0 saturated heterocycles. The van der Waals surface area contributed by atoms with E-state index in [1.807, 2.05) is 38.1 Å². The Hall–Kier alpha value is -2.30. The van der Waals surface area contributed by atoms with Gasteiger partial charge in [-0.1, -0.05) is 13.0 Å². The Labute approximate surface area is 124 Å². The van der Waals surface area contributed by atoms with Gasteiger partial charge in [0.05, 0.1) is 17.4 Å². The van der Waals surface area contributed by atoms with Crippen LogP contribution < -0.4 is 10.1 Å². The minimum Gasteiger partial charge on any atom is -0.491 e. The summed E-state index contributed by atoms with van der Waals surface area (Å²) in [6.07, 6.45) is 1.08. The largest absolute Gasteiger partial charge is 0.491 e. The van der Waals surface area contributed by atoms with Crippen molar-refractivity contribution in [2.24, 2.45) is 0 Å². The van der Waals surface area contributed by atoms with Crippen molar-refractivity contribution in [3.63, 3.8) is 0 Å². The minimum absolute atomic E-state index is 0.148. The van der Waals surface area contributed by atoms with Gasteiger partial charge in [0.1, 0.15) is 5.75 Å². The van der Waals surface area contributed by atoms with E-state index >= 15 is 0 Å². The SMILES string of the molecule is CCC(C)Oc1cccc(NC(=O)c2c(C)n[nH]c2C)c1. The van der Waals surface area contributed by atoms with Gasteiger partial charge in [-0.3, -0.25) is 9.89 Å². The van der Waals surface area contributed by atoms with Crippen molar-refractivity contribution in [1.29, 1.82) is 0 Å². The molecule has 0 fully saturated rings. The van der Waals surface area contributed by atoms with E-state index in [9.17, 15) is 4.79 Å². The maximum Gasteiger partial charge on any atom is 0.259 e. The molecule has 0 bridgehead atoms. The molecule has 1 aromatic carbocycles. The average molecular weight is 287 g/mol. The Morgan fingerprint density at radius 1 is 1.43 bits per heavy atom. The molecule has 1 unspecified atom stereocenters. The number of aromatic amines is 1. The van der Waals surface area contributed by atoms with Gasteiger partial charge >= 0.3 is 0 Å². The first-order valence-corrected chi connectivity index (χ1v) is 7.11. The van der Waals surface area contributed by atoms with E-state index in [0.717, 1.165) is 17.9 Å². The van der Waals surface area contributed by atoms with Crippen LogP contribution in [0.25, 0.3) is 0 Å². The summed E-state index contributed by atoms with van der Waals surface area (Å²) in [6, 6.07) is 7.42. The maximum atomic E-state index is 12.3. The van der Waals surface area contributed by atoms with Crippen LogP contribution in [0.2, 0.25) is 0 Å². The first kappa shape index (κ1) is 15.1. The van der Waals surface area contributed by atoms with Crippen LogP contribution in [0.4, 0.5) is 5.69 Å². The van der Waals surface area contributed by atoms with E-state index < -0.39 is 0 Å². The number of nitrogens with one attached hydrogen (secondary N) is 2. The number of nitrogens with zero attached hydrogens (tertiary/aromatic N) is 1. The lowest BCUT2D eigenvalue weighted by atomic mass is 10.2. The highest BCUT2D eigenvalue weighted by atomic mass is 16.5. The number of carbonyl (C=O) groups is 1. The van der Waals surface area contributed by atoms with Crippen molar-refractivity contribution < 1.29 is 9.53 Å². The maximum absolute atomic E-state index is 12.3. The highest BCUT2D eigenvalue weighted by molar-refractivity contribution is 6.05. The quantitative estimate of drug-likeness (QED) is 0.885. The van der Waals surface area contributed by atoms with Crippen molar-refractivity contribution in [3.8, 4) is 5.75 Å². The zero-order chi connectivity index (χ0) is 15.4. The molecule has 0 radical (unpaired) electrons. The van der Waals surface area contributed by atoms with Crippen molar-refractivity contribution in [2.45, 2.75) is 40.2 Å². The number of benzene rings is 1. The molecule has 1 amide bonds. The molecule has 1 heterocycles. The Morgan fingerprint density at radius 3 is 2.81 bits per heavy atom. The van der Waals surface area contributed by atoms with E-state index in [4.69, 9.17) is 4.74 Å². The van der Waals surface area contributed by atoms with Crippen molar-refractivity contribution >= 4 is 11.6 Å². The van der Waals surface area contributed by atoms with Crippen LogP contribution in [0.1, 0.15) is 42.0 Å². The minimum atomic E-state index is -0.167. The number of anilines is 1. The number of ether oxygens (including phenoxy) is 1. The number of rotatable bonds is 5. The van der Waals surface area contributed by atoms with Crippen LogP contribution in [0.5, 0.6) is 5.75 Å². The van der Waals surface area contributed by atoms with Gasteiger partial charge in [0.15, 0.2) is 0 Å². The zero-order valence-electron chi connectivity index (χ0n) is 12.9. The number of carbonyl (C=O) groups excluding carboxylic acids is 1. The molecule has 0 aliphatic carbocycles. The standard InChI is InChI=1S/C16H21N3O2/c1-5-10(2)21-14-8-6-7-13(9-14)17-16(20)15-11(3)18-19-12(15)4/h6-10H,5H2,1-4H3,(H,17,20)(H,18,19). The molecule has 1 aromatic heterocycles. The van der Waals surface area contributed by atoms with Crippen LogP contribution in [-0.4, -0.2) is 22.2 Å². The number of aryl methyl sites for hydroxylation is 2. The molecule has 5 heteroatoms. The Morgan fingerprint density at radius 2 is 2.19 bits per heavy atom. The normalized spacial score (nSPS) is 12.0. The third-order valence-electron chi connectivity index (χ3n) is 3.36. The van der Waals surface area contributed by atoms with Gasteiger partial charge in [-0.25, -0.2) is 0 Å². The van der Waals surface area contributed by atoms with Gasteiger partial charge in [-0.15, -0.1) is 0 Å². The topological polar surface area (TPSA) is 67.0 Å². The first-order valence-electron chi connectivity index (χ1n) is 7.11. The molecule has 112 valence electrons. The van der Waals surface area contributed by atoms with Crippen LogP contribution in [0, 0.1) is 13.8 Å². The van der Waals surface area contributed by atoms with Crippen molar-refractivity contribution in [1.82, 2.24) is 10.2 Å². The molecular formula is C16H21N3O2. The van der Waals surface area contributed by atoms with Crippen LogP contribution in [-0.2, 0) is 0 Å². The summed E-state index contributed by atoms with van der Waals surface area (Å²) in [6.45, 7) is 7.72. The summed E-state index contributed by atoms with van der Waals surface area (Å²) >= 11 is 0. The number of aromatic nitrogens is 2. The molecule has 2 aromatic rings. The molecule has 2 rings (SSSR count). The molecule has 0 aliphatic rings. The monoisotopic (exact) mass is 287 g/mol. The molecule has 5 nitrogen and oxygen atoms in total. The van der Waals surface area contributed by atoms with Gasteiger partial charge in [0.25, 0.3) is 5.91 Å². The third kappa shape index (κ3) is 3.62. The zero-order valence-corrected chi connectivity index (χ0v) is 12.9. The van der Waals surface area contributed by atoms with Crippen LogP contribution >= 0.6 is 0 Å². The summed E-state index contributed by atoms with van der Waals surface area (Å²) in [5.41, 5.74) is 2.75. The highest BCUT2D eigenvalue weighted by Crippen LogP contribution is 2.20. The highest BCUT2D eigenvalue weighted by Gasteiger charge is 2.15. The van der Waals surface area contributed by atoms with E-state index in [2.05, 4.69) is 22.4 Å². The smallest absolute Gasteiger partial charge is 0.259 e. The van der Waals surface area contributed by atoms with Gasteiger partial charge in [-0.05, 0) is 39.3 Å². The lowest BCUT2D eigenvalue weighted by Gasteiger charge is -2.13. The second kappa shape index (κ2) is 6.43. The van der Waals surface area contributed by atoms with E-state index in [1.165, 1.54) is 0 Å². The van der Waals surface area contributed by atoms with E-state index in [0.29, 0.717) is 16.9 Å². The van der Waals surface area contributed by atoms with Gasteiger partial charge in [0, 0.05) is 17.4 Å². The summed E-state index contributed by atoms with van der Waals surface area (Å²) in [4.78, 5) is 12.3. The number of hydrogen-bond acceptors (Lipinski definition) is 3. The lowest BCUT2D eigenvalue weighted by Crippen LogP contribution is -2.14. The van der Waals surface area contributed by atoms with E-state index in [1.54, 1.807) is 6.92 Å². The fourth-order valence-electron chi connectivity index (χ4n) is 2.04. The Kier molecular flexibility index (Phi) is 4.62. The van der Waals surface area contributed by atoms with Gasteiger partial charge < -0.3 is 10.1 Å².